The molecular weight excluding hydrogens is 458 g/mol. The summed E-state index contributed by atoms with van der Waals surface area (Å²) in [6.07, 6.45) is 1.86. The fraction of sp³-hybridized carbons (Fsp3) is 0.478. The number of carbonyl (C=O) groups is 3. The molecule has 0 N–H and O–H groups in total. The molecule has 0 saturated carbocycles. The van der Waals surface area contributed by atoms with Crippen molar-refractivity contribution in [3.8, 4) is 22.9 Å². The maximum absolute atomic E-state index is 12.9. The summed E-state index contributed by atoms with van der Waals surface area (Å²) in [6, 6.07) is 5.32. The number of ether oxygens (including phenoxy) is 3. The maximum Gasteiger partial charge on any atom is 0.310 e. The predicted molar refractivity (Wildman–Crippen MR) is 119 cm³/mol. The number of nitrogens with zero attached hydrogens (tertiary/aromatic N) is 5. The van der Waals surface area contributed by atoms with Gasteiger partial charge in [-0.25, -0.2) is 5.01 Å². The largest absolute Gasteiger partial charge is 0.466 e. The topological polar surface area (TPSA) is 137 Å². The summed E-state index contributed by atoms with van der Waals surface area (Å²) in [6.45, 7) is 2.80. The second-order valence-corrected chi connectivity index (χ2v) is 8.42. The molecule has 35 heavy (non-hydrogen) atoms. The first-order valence-electron chi connectivity index (χ1n) is 11.6. The molecule has 3 aliphatic heterocycles. The minimum Gasteiger partial charge on any atom is -0.466 e. The number of rotatable bonds is 6. The van der Waals surface area contributed by atoms with Crippen molar-refractivity contribution in [1.29, 1.82) is 0 Å². The normalized spacial score (nSPS) is 19.5. The Hall–Kier alpha value is -3.96. The molecule has 1 fully saturated rings. The van der Waals surface area contributed by atoms with Gasteiger partial charge in [-0.3, -0.25) is 14.4 Å². The first-order chi connectivity index (χ1) is 17.0. The second kappa shape index (κ2) is 9.72. The molecule has 0 bridgehead atoms. The van der Waals surface area contributed by atoms with E-state index in [1.165, 1.54) is 0 Å². The molecule has 1 saturated heterocycles. The van der Waals surface area contributed by atoms with Gasteiger partial charge in [-0.05, 0) is 38.0 Å². The van der Waals surface area contributed by atoms with Crippen molar-refractivity contribution in [2.75, 3.05) is 33.0 Å². The van der Waals surface area contributed by atoms with Crippen molar-refractivity contribution in [3.05, 3.63) is 24.1 Å². The first kappa shape index (κ1) is 22.8. The molecular formula is C23H25N5O7. The van der Waals surface area contributed by atoms with Crippen LogP contribution in [-0.2, 0) is 19.1 Å². The Labute approximate surface area is 200 Å². The Bertz CT molecular complexity index is 1180. The van der Waals surface area contributed by atoms with E-state index in [1.807, 2.05) is 0 Å². The highest BCUT2D eigenvalue weighted by atomic mass is 16.7. The Morgan fingerprint density at radius 2 is 2.06 bits per heavy atom. The second-order valence-electron chi connectivity index (χ2n) is 8.42. The lowest BCUT2D eigenvalue weighted by Gasteiger charge is -2.33. The molecule has 12 nitrogen and oxygen atoms in total. The summed E-state index contributed by atoms with van der Waals surface area (Å²) in [7, 11) is 0. The van der Waals surface area contributed by atoms with Crippen LogP contribution in [-0.4, -0.2) is 76.6 Å². The number of fused-ring (bicyclic) bond motifs is 1. The van der Waals surface area contributed by atoms with E-state index in [4.69, 9.17) is 18.7 Å². The van der Waals surface area contributed by atoms with Gasteiger partial charge in [-0.15, -0.1) is 0 Å². The Morgan fingerprint density at radius 1 is 1.20 bits per heavy atom. The lowest BCUT2D eigenvalue weighted by Crippen LogP contribution is -2.47. The van der Waals surface area contributed by atoms with E-state index in [0.717, 1.165) is 5.01 Å². The predicted octanol–water partition coefficient (Wildman–Crippen LogP) is 1.59. The van der Waals surface area contributed by atoms with Crippen LogP contribution in [0.4, 0.5) is 0 Å². The molecule has 12 heteroatoms. The van der Waals surface area contributed by atoms with Crippen LogP contribution in [0.3, 0.4) is 0 Å². The highest BCUT2D eigenvalue weighted by molar-refractivity contribution is 6.01. The number of carbonyl (C=O) groups excluding carboxylic acids is 3. The van der Waals surface area contributed by atoms with Crippen molar-refractivity contribution in [2.24, 2.45) is 11.0 Å². The van der Waals surface area contributed by atoms with Crippen LogP contribution in [0, 0.1) is 5.92 Å². The number of hydrogen-bond donors (Lipinski definition) is 0. The number of aromatic nitrogens is 2. The highest BCUT2D eigenvalue weighted by Gasteiger charge is 2.32. The van der Waals surface area contributed by atoms with Gasteiger partial charge < -0.3 is 23.6 Å². The molecule has 0 unspecified atom stereocenters. The highest BCUT2D eigenvalue weighted by Crippen LogP contribution is 2.35. The zero-order chi connectivity index (χ0) is 24.4. The fourth-order valence-corrected chi connectivity index (χ4v) is 4.26. The average Bonchev–Trinajstić information content (AvgIpc) is 3.55. The minimum absolute atomic E-state index is 0.163. The van der Waals surface area contributed by atoms with Gasteiger partial charge in [-0.2, -0.15) is 10.1 Å². The Balaban J connectivity index is 1.27. The van der Waals surface area contributed by atoms with Gasteiger partial charge in [0.2, 0.25) is 24.4 Å². The number of esters is 1. The molecule has 184 valence electrons. The van der Waals surface area contributed by atoms with Crippen LogP contribution in [0.15, 0.2) is 27.8 Å². The van der Waals surface area contributed by atoms with E-state index in [1.54, 1.807) is 30.0 Å². The number of hydrazone groups is 1. The maximum atomic E-state index is 12.9. The summed E-state index contributed by atoms with van der Waals surface area (Å²) >= 11 is 0. The van der Waals surface area contributed by atoms with Crippen LogP contribution in [0.2, 0.25) is 0 Å². The molecule has 0 spiro atoms. The third-order valence-corrected chi connectivity index (χ3v) is 6.09. The molecule has 5 rings (SSSR count). The number of piperidine rings is 1. The Kier molecular flexibility index (Phi) is 6.34. The van der Waals surface area contributed by atoms with Gasteiger partial charge in [0.25, 0.3) is 5.89 Å². The van der Waals surface area contributed by atoms with Crippen molar-refractivity contribution < 1.29 is 33.1 Å². The van der Waals surface area contributed by atoms with Crippen molar-refractivity contribution >= 4 is 23.5 Å². The molecule has 1 atom stereocenters. The zero-order valence-electron chi connectivity index (χ0n) is 19.3. The summed E-state index contributed by atoms with van der Waals surface area (Å²) < 4.78 is 21.2. The van der Waals surface area contributed by atoms with Gasteiger partial charge in [0, 0.05) is 31.5 Å². The van der Waals surface area contributed by atoms with Gasteiger partial charge in [0.05, 0.1) is 12.5 Å². The quantitative estimate of drug-likeness (QED) is 0.561. The molecule has 0 radical (unpaired) electrons. The summed E-state index contributed by atoms with van der Waals surface area (Å²) in [5.41, 5.74) is 1.12. The molecule has 4 heterocycles. The van der Waals surface area contributed by atoms with Crippen LogP contribution in [0.25, 0.3) is 11.4 Å². The molecule has 3 aliphatic rings. The van der Waals surface area contributed by atoms with Gasteiger partial charge in [0.15, 0.2) is 11.5 Å². The van der Waals surface area contributed by atoms with E-state index in [-0.39, 0.29) is 55.9 Å². The summed E-state index contributed by atoms with van der Waals surface area (Å²) in [5, 5.41) is 9.49. The van der Waals surface area contributed by atoms with E-state index < -0.39 is 0 Å². The standard InChI is InChI=1S/C23H25N5O7/c1-2-32-23(31)15-4-3-9-27(11-15)20(30)12-28-19(29)8-6-16(25-28)22-24-21(26-35-22)14-5-7-17-18(10-14)34-13-33-17/h5,7,10,15H,2-4,6,8-9,11-13H2,1H3/t15-/m0/s1. The molecule has 1 aromatic heterocycles. The lowest BCUT2D eigenvalue weighted by molar-refractivity contribution is -0.152. The Morgan fingerprint density at radius 3 is 2.91 bits per heavy atom. The SMILES string of the molecule is CCOC(=O)[C@H]1CCCN(C(=O)CN2N=C(c3nc(-c4ccc5c(c4)OCO5)no3)CCC2=O)C1. The van der Waals surface area contributed by atoms with Crippen LogP contribution < -0.4 is 9.47 Å². The third-order valence-electron chi connectivity index (χ3n) is 6.09. The molecule has 2 amide bonds. The fourth-order valence-electron chi connectivity index (χ4n) is 4.26. The monoisotopic (exact) mass is 483 g/mol. The van der Waals surface area contributed by atoms with E-state index in [9.17, 15) is 14.4 Å². The lowest BCUT2D eigenvalue weighted by atomic mass is 9.98. The number of benzene rings is 1. The number of amides is 2. The molecule has 0 aliphatic carbocycles. The van der Waals surface area contributed by atoms with Crippen LogP contribution in [0.1, 0.15) is 38.5 Å². The van der Waals surface area contributed by atoms with Crippen molar-refractivity contribution in [2.45, 2.75) is 32.6 Å². The summed E-state index contributed by atoms with van der Waals surface area (Å²) in [4.78, 5) is 43.5. The van der Waals surface area contributed by atoms with Gasteiger partial charge in [0.1, 0.15) is 12.3 Å². The van der Waals surface area contributed by atoms with Gasteiger partial charge in [-0.1, -0.05) is 5.16 Å². The van der Waals surface area contributed by atoms with E-state index in [2.05, 4.69) is 15.2 Å². The zero-order valence-corrected chi connectivity index (χ0v) is 19.3. The van der Waals surface area contributed by atoms with Crippen molar-refractivity contribution in [1.82, 2.24) is 20.0 Å². The van der Waals surface area contributed by atoms with Crippen molar-refractivity contribution in [3.63, 3.8) is 0 Å². The third kappa shape index (κ3) is 4.81. The number of likely N-dealkylation sites (tertiary alicyclic amines) is 1. The van der Waals surface area contributed by atoms with E-state index >= 15 is 0 Å². The number of hydrogen-bond acceptors (Lipinski definition) is 10. The minimum atomic E-state index is -0.350. The smallest absolute Gasteiger partial charge is 0.310 e. The molecule has 1 aromatic carbocycles. The van der Waals surface area contributed by atoms with Gasteiger partial charge >= 0.3 is 5.97 Å². The van der Waals surface area contributed by atoms with Crippen LogP contribution >= 0.6 is 0 Å². The average molecular weight is 483 g/mol. The first-order valence-corrected chi connectivity index (χ1v) is 11.6. The van der Waals surface area contributed by atoms with E-state index in [0.29, 0.717) is 61.0 Å². The summed E-state index contributed by atoms with van der Waals surface area (Å²) in [5.74, 6) is 0.588. The molecule has 2 aromatic rings. The van der Waals surface area contributed by atoms with Crippen LogP contribution in [0.5, 0.6) is 11.5 Å².